The Morgan fingerprint density at radius 2 is 2.28 bits per heavy atom. The summed E-state index contributed by atoms with van der Waals surface area (Å²) in [6, 6.07) is 2.07. The Kier molecular flexibility index (Phi) is 4.09. The standard InChI is InChI=1S/C12H18N4O2/c1-18-12(17)11-14-7-6-10(16-11)15-9-5-3-2-4-8(9)13/h6-9H,2-5,13H2,1H3,(H,14,15,16)/t8-,9-/m1/s1. The lowest BCUT2D eigenvalue weighted by atomic mass is 9.91. The quantitative estimate of drug-likeness (QED) is 0.776. The Labute approximate surface area is 106 Å². The number of carbonyl (C=O) groups is 1. The zero-order valence-corrected chi connectivity index (χ0v) is 10.4. The molecule has 0 radical (unpaired) electrons. The number of rotatable bonds is 3. The molecule has 0 amide bonds. The first-order valence-electron chi connectivity index (χ1n) is 6.14. The highest BCUT2D eigenvalue weighted by Gasteiger charge is 2.22. The van der Waals surface area contributed by atoms with Gasteiger partial charge in [-0.15, -0.1) is 0 Å². The van der Waals surface area contributed by atoms with Crippen LogP contribution in [0.1, 0.15) is 36.3 Å². The summed E-state index contributed by atoms with van der Waals surface area (Å²) < 4.78 is 4.59. The van der Waals surface area contributed by atoms with Gasteiger partial charge in [0.2, 0.25) is 5.82 Å². The van der Waals surface area contributed by atoms with Crippen LogP contribution in [0.25, 0.3) is 0 Å². The molecule has 98 valence electrons. The van der Waals surface area contributed by atoms with Crippen molar-refractivity contribution in [1.29, 1.82) is 0 Å². The van der Waals surface area contributed by atoms with E-state index in [0.29, 0.717) is 5.82 Å². The largest absolute Gasteiger partial charge is 0.463 e. The van der Waals surface area contributed by atoms with Gasteiger partial charge in [0, 0.05) is 18.3 Å². The number of methoxy groups -OCH3 is 1. The summed E-state index contributed by atoms with van der Waals surface area (Å²) in [7, 11) is 1.31. The van der Waals surface area contributed by atoms with Gasteiger partial charge in [0.25, 0.3) is 0 Å². The van der Waals surface area contributed by atoms with Crippen LogP contribution in [-0.2, 0) is 4.74 Å². The molecular weight excluding hydrogens is 232 g/mol. The summed E-state index contributed by atoms with van der Waals surface area (Å²) in [6.07, 6.45) is 5.93. The fourth-order valence-electron chi connectivity index (χ4n) is 2.16. The molecule has 0 unspecified atom stereocenters. The Hall–Kier alpha value is -1.69. The number of nitrogens with one attached hydrogen (secondary N) is 1. The van der Waals surface area contributed by atoms with Crippen LogP contribution in [-0.4, -0.2) is 35.1 Å². The molecule has 1 fully saturated rings. The fourth-order valence-corrected chi connectivity index (χ4v) is 2.16. The van der Waals surface area contributed by atoms with E-state index in [1.54, 1.807) is 6.07 Å². The summed E-state index contributed by atoms with van der Waals surface area (Å²) in [5.74, 6) is 0.145. The molecule has 6 heteroatoms. The molecule has 2 atom stereocenters. The summed E-state index contributed by atoms with van der Waals surface area (Å²) in [6.45, 7) is 0. The highest BCUT2D eigenvalue weighted by molar-refractivity contribution is 5.85. The Morgan fingerprint density at radius 1 is 1.50 bits per heavy atom. The van der Waals surface area contributed by atoms with E-state index in [1.807, 2.05) is 0 Å². The van der Waals surface area contributed by atoms with Gasteiger partial charge in [-0.2, -0.15) is 0 Å². The molecule has 18 heavy (non-hydrogen) atoms. The number of esters is 1. The van der Waals surface area contributed by atoms with Crippen LogP contribution in [0, 0.1) is 0 Å². The second-order valence-corrected chi connectivity index (χ2v) is 4.46. The first kappa shape index (κ1) is 12.8. The molecule has 0 bridgehead atoms. The van der Waals surface area contributed by atoms with Gasteiger partial charge in [0.05, 0.1) is 7.11 Å². The van der Waals surface area contributed by atoms with E-state index in [2.05, 4.69) is 20.0 Å². The minimum absolute atomic E-state index is 0.0619. The molecule has 6 nitrogen and oxygen atoms in total. The molecule has 1 aromatic heterocycles. The van der Waals surface area contributed by atoms with Gasteiger partial charge in [-0.05, 0) is 18.9 Å². The van der Waals surface area contributed by atoms with Gasteiger partial charge in [0.15, 0.2) is 0 Å². The molecule has 2 rings (SSSR count). The van der Waals surface area contributed by atoms with Gasteiger partial charge >= 0.3 is 5.97 Å². The van der Waals surface area contributed by atoms with Gasteiger partial charge in [-0.25, -0.2) is 14.8 Å². The van der Waals surface area contributed by atoms with Gasteiger partial charge in [0.1, 0.15) is 5.82 Å². The first-order valence-corrected chi connectivity index (χ1v) is 6.14. The van der Waals surface area contributed by atoms with Crippen LogP contribution >= 0.6 is 0 Å². The minimum Gasteiger partial charge on any atom is -0.463 e. The van der Waals surface area contributed by atoms with E-state index >= 15 is 0 Å². The fraction of sp³-hybridized carbons (Fsp3) is 0.583. The van der Waals surface area contributed by atoms with Crippen molar-refractivity contribution in [3.8, 4) is 0 Å². The van der Waals surface area contributed by atoms with Crippen molar-refractivity contribution >= 4 is 11.8 Å². The predicted octanol–water partition coefficient (Wildman–Crippen LogP) is 0.945. The van der Waals surface area contributed by atoms with E-state index < -0.39 is 5.97 Å². The highest BCUT2D eigenvalue weighted by Crippen LogP contribution is 2.20. The monoisotopic (exact) mass is 250 g/mol. The van der Waals surface area contributed by atoms with Crippen molar-refractivity contribution in [2.24, 2.45) is 5.73 Å². The number of hydrogen-bond donors (Lipinski definition) is 2. The number of ether oxygens (including phenoxy) is 1. The maximum atomic E-state index is 11.3. The first-order chi connectivity index (χ1) is 8.70. The summed E-state index contributed by atoms with van der Waals surface area (Å²) in [4.78, 5) is 19.3. The van der Waals surface area contributed by atoms with Crippen molar-refractivity contribution < 1.29 is 9.53 Å². The zero-order valence-electron chi connectivity index (χ0n) is 10.4. The molecule has 0 aromatic carbocycles. The average Bonchev–Trinajstić information content (AvgIpc) is 2.41. The van der Waals surface area contributed by atoms with E-state index in [9.17, 15) is 4.79 Å². The number of carbonyl (C=O) groups excluding carboxylic acids is 1. The van der Waals surface area contributed by atoms with Crippen molar-refractivity contribution in [3.05, 3.63) is 18.1 Å². The summed E-state index contributed by atoms with van der Waals surface area (Å²) >= 11 is 0. The number of nitrogens with two attached hydrogens (primary N) is 1. The second kappa shape index (κ2) is 5.77. The van der Waals surface area contributed by atoms with Gasteiger partial charge in [-0.3, -0.25) is 0 Å². The lowest BCUT2D eigenvalue weighted by molar-refractivity contribution is 0.0587. The van der Waals surface area contributed by atoms with Crippen molar-refractivity contribution in [2.45, 2.75) is 37.8 Å². The van der Waals surface area contributed by atoms with Crippen LogP contribution in [0.4, 0.5) is 5.82 Å². The predicted molar refractivity (Wildman–Crippen MR) is 67.2 cm³/mol. The second-order valence-electron chi connectivity index (χ2n) is 4.46. The smallest absolute Gasteiger partial charge is 0.376 e. The molecule has 1 aromatic rings. The Bertz CT molecular complexity index is 424. The molecule has 0 spiro atoms. The Balaban J connectivity index is 2.06. The zero-order chi connectivity index (χ0) is 13.0. The van der Waals surface area contributed by atoms with Gasteiger partial charge < -0.3 is 15.8 Å². The minimum atomic E-state index is -0.536. The van der Waals surface area contributed by atoms with Crippen LogP contribution < -0.4 is 11.1 Å². The normalized spacial score (nSPS) is 23.4. The van der Waals surface area contributed by atoms with Crippen molar-refractivity contribution in [1.82, 2.24) is 9.97 Å². The molecule has 1 aliphatic rings. The SMILES string of the molecule is COC(=O)c1nccc(N[C@@H]2CCCC[C@H]2N)n1. The average molecular weight is 250 g/mol. The van der Waals surface area contributed by atoms with E-state index in [0.717, 1.165) is 12.8 Å². The molecule has 1 aliphatic carbocycles. The lowest BCUT2D eigenvalue weighted by Crippen LogP contribution is -2.42. The molecule has 1 heterocycles. The maximum Gasteiger partial charge on any atom is 0.376 e. The molecular formula is C12H18N4O2. The summed E-state index contributed by atoms with van der Waals surface area (Å²) in [5.41, 5.74) is 6.05. The van der Waals surface area contributed by atoms with E-state index in [-0.39, 0.29) is 17.9 Å². The molecule has 1 saturated carbocycles. The highest BCUT2D eigenvalue weighted by atomic mass is 16.5. The van der Waals surface area contributed by atoms with Crippen molar-refractivity contribution in [3.63, 3.8) is 0 Å². The molecule has 0 saturated heterocycles. The maximum absolute atomic E-state index is 11.3. The van der Waals surface area contributed by atoms with Gasteiger partial charge in [-0.1, -0.05) is 12.8 Å². The molecule has 0 aliphatic heterocycles. The number of hydrogen-bond acceptors (Lipinski definition) is 6. The number of aromatic nitrogens is 2. The van der Waals surface area contributed by atoms with Crippen LogP contribution in [0.15, 0.2) is 12.3 Å². The van der Waals surface area contributed by atoms with E-state index in [4.69, 9.17) is 5.73 Å². The van der Waals surface area contributed by atoms with E-state index in [1.165, 1.54) is 26.1 Å². The molecule has 3 N–H and O–H groups in total. The third kappa shape index (κ3) is 2.95. The number of nitrogens with zero attached hydrogens (tertiary/aromatic N) is 2. The van der Waals surface area contributed by atoms with Crippen LogP contribution in [0.2, 0.25) is 0 Å². The lowest BCUT2D eigenvalue weighted by Gasteiger charge is -2.29. The third-order valence-electron chi connectivity index (χ3n) is 3.18. The topological polar surface area (TPSA) is 90.1 Å². The third-order valence-corrected chi connectivity index (χ3v) is 3.18. The Morgan fingerprint density at radius 3 is 3.00 bits per heavy atom. The van der Waals surface area contributed by atoms with Crippen LogP contribution in [0.3, 0.4) is 0 Å². The van der Waals surface area contributed by atoms with Crippen LogP contribution in [0.5, 0.6) is 0 Å². The van der Waals surface area contributed by atoms with Crippen molar-refractivity contribution in [2.75, 3.05) is 12.4 Å². The number of anilines is 1. The summed E-state index contributed by atoms with van der Waals surface area (Å²) in [5, 5.41) is 3.27.